The summed E-state index contributed by atoms with van der Waals surface area (Å²) in [5, 5.41) is 8.76. The zero-order valence-corrected chi connectivity index (χ0v) is 22.6. The molecule has 7 heteroatoms. The third-order valence-electron chi connectivity index (χ3n) is 9.78. The summed E-state index contributed by atoms with van der Waals surface area (Å²) in [6.45, 7) is 2.49. The summed E-state index contributed by atoms with van der Waals surface area (Å²) in [5.74, 6) is -1.47. The van der Waals surface area contributed by atoms with E-state index in [9.17, 15) is 14.4 Å². The van der Waals surface area contributed by atoms with Gasteiger partial charge >= 0.3 is 0 Å². The molecule has 4 atom stereocenters. The molecule has 40 heavy (non-hydrogen) atoms. The Kier molecular flexibility index (Phi) is 4.79. The second-order valence-electron chi connectivity index (χ2n) is 11.4. The average Bonchev–Trinajstić information content (AvgIpc) is 3.69. The van der Waals surface area contributed by atoms with E-state index in [2.05, 4.69) is 15.5 Å². The summed E-state index contributed by atoms with van der Waals surface area (Å²) in [4.78, 5) is 46.2. The molecule has 4 aromatic rings. The van der Waals surface area contributed by atoms with E-state index in [0.29, 0.717) is 39.6 Å². The Hall–Kier alpha value is -4.00. The van der Waals surface area contributed by atoms with Crippen molar-refractivity contribution >= 4 is 51.3 Å². The topological polar surface area (TPSA) is 78.5 Å². The van der Waals surface area contributed by atoms with E-state index in [4.69, 9.17) is 11.6 Å². The summed E-state index contributed by atoms with van der Waals surface area (Å²) < 4.78 is 0. The second-order valence-corrected chi connectivity index (χ2v) is 11.8. The third-order valence-corrected chi connectivity index (χ3v) is 10.2. The van der Waals surface area contributed by atoms with Crippen LogP contribution in [0, 0.1) is 12.8 Å². The first-order valence-electron chi connectivity index (χ1n) is 13.7. The number of hydrogen-bond donors (Lipinski definition) is 2. The van der Waals surface area contributed by atoms with Crippen LogP contribution >= 0.6 is 11.6 Å². The lowest BCUT2D eigenvalue weighted by Crippen LogP contribution is -2.62. The van der Waals surface area contributed by atoms with E-state index >= 15 is 0 Å². The molecule has 4 heterocycles. The number of nitrogens with one attached hydrogen (secondary N) is 2. The number of fused-ring (bicyclic) bond motifs is 8. The Morgan fingerprint density at radius 2 is 1.68 bits per heavy atom. The normalized spacial score (nSPS) is 28.1. The highest BCUT2D eigenvalue weighted by Gasteiger charge is 2.81. The van der Waals surface area contributed by atoms with Crippen LogP contribution in [-0.4, -0.2) is 35.1 Å². The van der Waals surface area contributed by atoms with Gasteiger partial charge in [-0.15, -0.1) is 0 Å². The van der Waals surface area contributed by atoms with Gasteiger partial charge in [0.2, 0.25) is 5.91 Å². The van der Waals surface area contributed by atoms with Gasteiger partial charge in [-0.25, -0.2) is 0 Å². The van der Waals surface area contributed by atoms with Gasteiger partial charge in [-0.2, -0.15) is 0 Å². The van der Waals surface area contributed by atoms with Crippen molar-refractivity contribution < 1.29 is 14.4 Å². The van der Waals surface area contributed by atoms with Gasteiger partial charge < -0.3 is 10.6 Å². The van der Waals surface area contributed by atoms with E-state index < -0.39 is 16.9 Å². The maximum atomic E-state index is 14.9. The molecule has 0 aromatic heterocycles. The van der Waals surface area contributed by atoms with Crippen LogP contribution in [0.1, 0.15) is 39.9 Å². The lowest BCUT2D eigenvalue weighted by molar-refractivity contribution is -0.137. The number of ketones is 1. The molecule has 6 nitrogen and oxygen atoms in total. The molecule has 4 aliphatic rings. The molecule has 2 amide bonds. The molecule has 2 saturated heterocycles. The number of rotatable bonds is 2. The van der Waals surface area contributed by atoms with E-state index in [1.54, 1.807) is 6.07 Å². The molecule has 0 aliphatic carbocycles. The molecule has 198 valence electrons. The van der Waals surface area contributed by atoms with Crippen LogP contribution in [0.4, 0.5) is 11.4 Å². The van der Waals surface area contributed by atoms with Crippen LogP contribution in [0.2, 0.25) is 5.02 Å². The summed E-state index contributed by atoms with van der Waals surface area (Å²) in [5.41, 5.74) is 1.15. The fraction of sp³-hybridized carbons (Fsp3) is 0.242. The summed E-state index contributed by atoms with van der Waals surface area (Å²) in [6.07, 6.45) is 1.56. The van der Waals surface area contributed by atoms with Crippen molar-refractivity contribution in [3.63, 3.8) is 0 Å². The van der Waals surface area contributed by atoms with Gasteiger partial charge in [0.1, 0.15) is 11.0 Å². The minimum absolute atomic E-state index is 0.113. The SMILES string of the molecule is Cc1c(Cl)ccc2c1NC(=O)C21N2CCCC2C(C(=O)c2ccc3ccccc3c2)C12C(=O)Nc1ccccc12. The highest BCUT2D eigenvalue weighted by molar-refractivity contribution is 6.32. The highest BCUT2D eigenvalue weighted by atomic mass is 35.5. The van der Waals surface area contributed by atoms with Gasteiger partial charge in [-0.3, -0.25) is 19.3 Å². The number of hydrogen-bond acceptors (Lipinski definition) is 4. The smallest absolute Gasteiger partial charge is 0.251 e. The van der Waals surface area contributed by atoms with Crippen molar-refractivity contribution in [3.05, 3.63) is 106 Å². The fourth-order valence-electron chi connectivity index (χ4n) is 8.29. The van der Waals surface area contributed by atoms with Crippen molar-refractivity contribution in [2.45, 2.75) is 36.8 Å². The van der Waals surface area contributed by atoms with E-state index in [1.807, 2.05) is 79.7 Å². The van der Waals surface area contributed by atoms with Gasteiger partial charge in [0.15, 0.2) is 5.78 Å². The first-order valence-corrected chi connectivity index (χ1v) is 14.1. The Balaban J connectivity index is 1.46. The maximum Gasteiger partial charge on any atom is 0.251 e. The monoisotopic (exact) mass is 547 g/mol. The largest absolute Gasteiger partial charge is 0.325 e. The van der Waals surface area contributed by atoms with Crippen LogP contribution in [0.25, 0.3) is 10.8 Å². The molecule has 0 saturated carbocycles. The molecule has 2 spiro atoms. The van der Waals surface area contributed by atoms with Gasteiger partial charge in [0, 0.05) is 27.9 Å². The highest BCUT2D eigenvalue weighted by Crippen LogP contribution is 2.68. The Labute approximate surface area is 236 Å². The van der Waals surface area contributed by atoms with Crippen molar-refractivity contribution in [2.75, 3.05) is 17.2 Å². The maximum absolute atomic E-state index is 14.9. The lowest BCUT2D eigenvalue weighted by atomic mass is 9.57. The number of carbonyl (C=O) groups is 3. The van der Waals surface area contributed by atoms with Gasteiger partial charge in [-0.1, -0.05) is 72.3 Å². The standard InChI is InChI=1S/C33H26ClN3O3/c1-18-24(34)15-14-23-28(18)36-31(40)33(23)32(22-9-4-5-10-25(22)35-30(32)39)27(26-11-6-16-37(26)33)29(38)21-13-12-19-7-2-3-8-20(19)17-21/h2-5,7-10,12-15,17,26-27H,6,11,16H2,1H3,(H,35,39)(H,36,40). The van der Waals surface area contributed by atoms with Crippen LogP contribution < -0.4 is 10.6 Å². The van der Waals surface area contributed by atoms with Crippen molar-refractivity contribution in [1.82, 2.24) is 4.90 Å². The number of nitrogens with zero attached hydrogens (tertiary/aromatic N) is 1. The summed E-state index contributed by atoms with van der Waals surface area (Å²) in [7, 11) is 0. The first kappa shape index (κ1) is 23.9. The molecule has 4 unspecified atom stereocenters. The van der Waals surface area contributed by atoms with Crippen LogP contribution in [0.5, 0.6) is 0 Å². The average molecular weight is 548 g/mol. The Morgan fingerprint density at radius 1 is 0.900 bits per heavy atom. The number of halogens is 1. The van der Waals surface area contributed by atoms with Crippen molar-refractivity contribution in [2.24, 2.45) is 5.92 Å². The van der Waals surface area contributed by atoms with Crippen molar-refractivity contribution in [1.29, 1.82) is 0 Å². The first-order chi connectivity index (χ1) is 19.4. The van der Waals surface area contributed by atoms with E-state index in [0.717, 1.165) is 29.2 Å². The molecule has 4 aromatic carbocycles. The molecule has 4 aliphatic heterocycles. The third kappa shape index (κ3) is 2.61. The van der Waals surface area contributed by atoms with Gasteiger partial charge in [0.25, 0.3) is 5.91 Å². The number of anilines is 2. The minimum atomic E-state index is -1.47. The number of Topliss-reactive ketones (excluding diaryl/α,β-unsaturated/α-hetero) is 1. The van der Waals surface area contributed by atoms with Gasteiger partial charge in [-0.05, 0) is 66.4 Å². The molecular weight excluding hydrogens is 522 g/mol. The number of amides is 2. The van der Waals surface area contributed by atoms with Gasteiger partial charge in [0.05, 0.1) is 11.6 Å². The van der Waals surface area contributed by atoms with E-state index in [-0.39, 0.29) is 23.6 Å². The fourth-order valence-corrected chi connectivity index (χ4v) is 8.45. The van der Waals surface area contributed by atoms with Crippen LogP contribution in [0.3, 0.4) is 0 Å². The second kappa shape index (κ2) is 8.03. The summed E-state index contributed by atoms with van der Waals surface area (Å²) in [6, 6.07) is 24.6. The van der Waals surface area contributed by atoms with Crippen molar-refractivity contribution in [3.8, 4) is 0 Å². The Bertz CT molecular complexity index is 1820. The minimum Gasteiger partial charge on any atom is -0.325 e. The molecule has 0 radical (unpaired) electrons. The zero-order valence-electron chi connectivity index (χ0n) is 21.8. The predicted molar refractivity (Wildman–Crippen MR) is 155 cm³/mol. The lowest BCUT2D eigenvalue weighted by Gasteiger charge is -2.43. The van der Waals surface area contributed by atoms with Crippen LogP contribution in [0.15, 0.2) is 78.9 Å². The number of carbonyl (C=O) groups excluding carboxylic acids is 3. The quantitative estimate of drug-likeness (QED) is 0.310. The number of para-hydroxylation sites is 1. The number of benzene rings is 4. The molecule has 2 fully saturated rings. The molecule has 0 bridgehead atoms. The molecule has 2 N–H and O–H groups in total. The Morgan fingerprint density at radius 3 is 2.52 bits per heavy atom. The summed E-state index contributed by atoms with van der Waals surface area (Å²) >= 11 is 6.52. The van der Waals surface area contributed by atoms with Crippen LogP contribution in [-0.2, 0) is 20.5 Å². The predicted octanol–water partition coefficient (Wildman–Crippen LogP) is 5.82. The molecule has 8 rings (SSSR count). The zero-order chi connectivity index (χ0) is 27.4. The molecular formula is C33H26ClN3O3. The van der Waals surface area contributed by atoms with E-state index in [1.165, 1.54) is 0 Å².